The van der Waals surface area contributed by atoms with Gasteiger partial charge in [0, 0.05) is 17.0 Å². The molecule has 0 atom stereocenters. The Morgan fingerprint density at radius 3 is 2.85 bits per heavy atom. The van der Waals surface area contributed by atoms with Gasteiger partial charge >= 0.3 is 12.1 Å². The van der Waals surface area contributed by atoms with E-state index in [0.29, 0.717) is 17.8 Å². The van der Waals surface area contributed by atoms with Gasteiger partial charge in [-0.2, -0.15) is 18.3 Å². The van der Waals surface area contributed by atoms with E-state index < -0.39 is 29.3 Å². The summed E-state index contributed by atoms with van der Waals surface area (Å²) in [5.74, 6) is -2.71. The highest BCUT2D eigenvalue weighted by Crippen LogP contribution is 2.34. The van der Waals surface area contributed by atoms with Crippen molar-refractivity contribution in [1.29, 1.82) is 0 Å². The first kappa shape index (κ1) is 19.6. The molecule has 2 N–H and O–H groups in total. The summed E-state index contributed by atoms with van der Waals surface area (Å²) in [4.78, 5) is 15.4. The molecule has 140 valence electrons. The van der Waals surface area contributed by atoms with Crippen LogP contribution in [0.25, 0.3) is 0 Å². The molecule has 1 aromatic heterocycles. The number of nitrogens with zero attached hydrogens (tertiary/aromatic N) is 2. The van der Waals surface area contributed by atoms with Gasteiger partial charge in [-0.25, -0.2) is 9.37 Å². The van der Waals surface area contributed by atoms with Crippen LogP contribution in [0.2, 0.25) is 0 Å². The molecule has 0 spiro atoms. The minimum atomic E-state index is -4.90. The molecule has 1 heterocycles. The molecule has 0 aliphatic rings. The third-order valence-electron chi connectivity index (χ3n) is 2.97. The van der Waals surface area contributed by atoms with Gasteiger partial charge in [0.25, 0.3) is 0 Å². The molecule has 0 saturated heterocycles. The zero-order valence-corrected chi connectivity index (χ0v) is 14.1. The number of aromatic nitrogens is 1. The number of nitrogens with one attached hydrogen (secondary N) is 1. The Labute approximate surface area is 149 Å². The van der Waals surface area contributed by atoms with Crippen LogP contribution in [0.5, 0.6) is 5.75 Å². The van der Waals surface area contributed by atoms with Gasteiger partial charge in [-0.3, -0.25) is 10.2 Å². The van der Waals surface area contributed by atoms with Crippen molar-refractivity contribution in [3.63, 3.8) is 0 Å². The number of phenolic OH excluding ortho intramolecular Hbond substituents is 1. The van der Waals surface area contributed by atoms with Gasteiger partial charge in [-0.1, -0.05) is 0 Å². The first-order valence-electron chi connectivity index (χ1n) is 7.19. The van der Waals surface area contributed by atoms with Crippen molar-refractivity contribution >= 4 is 28.7 Å². The van der Waals surface area contributed by atoms with E-state index in [1.165, 1.54) is 0 Å². The van der Waals surface area contributed by atoms with Crippen molar-refractivity contribution < 1.29 is 32.2 Å². The molecule has 2 aromatic rings. The number of halogens is 4. The first-order valence-corrected chi connectivity index (χ1v) is 8.07. The van der Waals surface area contributed by atoms with Crippen LogP contribution in [0.1, 0.15) is 23.7 Å². The van der Waals surface area contributed by atoms with Crippen LogP contribution in [0.3, 0.4) is 0 Å². The SMILES string of the molecule is CCOC(=O)Cc1csc(NN=Cc2cc(C(F)(F)F)c(F)cc2O)n1. The highest BCUT2D eigenvalue weighted by atomic mass is 32.1. The minimum absolute atomic E-state index is 0.0244. The second kappa shape index (κ2) is 8.13. The smallest absolute Gasteiger partial charge is 0.419 e. The molecule has 0 fully saturated rings. The highest BCUT2D eigenvalue weighted by molar-refractivity contribution is 7.13. The zero-order chi connectivity index (χ0) is 19.3. The van der Waals surface area contributed by atoms with Crippen LogP contribution in [-0.2, 0) is 22.1 Å². The number of carbonyl (C=O) groups is 1. The second-order valence-corrected chi connectivity index (χ2v) is 5.74. The van der Waals surface area contributed by atoms with E-state index >= 15 is 0 Å². The third kappa shape index (κ3) is 5.15. The molecule has 1 aromatic carbocycles. The van der Waals surface area contributed by atoms with E-state index in [1.807, 2.05) is 0 Å². The molecule has 0 aliphatic heterocycles. The number of hydrogen-bond acceptors (Lipinski definition) is 7. The maximum absolute atomic E-state index is 13.3. The summed E-state index contributed by atoms with van der Waals surface area (Å²) < 4.78 is 56.1. The van der Waals surface area contributed by atoms with Crippen LogP contribution < -0.4 is 5.43 Å². The van der Waals surface area contributed by atoms with E-state index in [-0.39, 0.29) is 23.7 Å². The number of benzene rings is 1. The van der Waals surface area contributed by atoms with Crippen molar-refractivity contribution in [2.45, 2.75) is 19.5 Å². The van der Waals surface area contributed by atoms with Crippen LogP contribution in [0.15, 0.2) is 22.6 Å². The number of phenols is 1. The summed E-state index contributed by atoms with van der Waals surface area (Å²) in [5.41, 5.74) is 1.06. The molecule has 26 heavy (non-hydrogen) atoms. The number of alkyl halides is 3. The van der Waals surface area contributed by atoms with Crippen molar-refractivity contribution in [3.8, 4) is 5.75 Å². The van der Waals surface area contributed by atoms with Crippen molar-refractivity contribution in [2.24, 2.45) is 5.10 Å². The summed E-state index contributed by atoms with van der Waals surface area (Å²) in [6, 6.07) is 0.814. The van der Waals surface area contributed by atoms with Crippen molar-refractivity contribution in [3.05, 3.63) is 40.2 Å². The fraction of sp³-hybridized carbons (Fsp3) is 0.267. The molecule has 0 amide bonds. The monoisotopic (exact) mass is 391 g/mol. The third-order valence-corrected chi connectivity index (χ3v) is 3.76. The molecule has 2 rings (SSSR count). The molecular formula is C15H13F4N3O3S. The lowest BCUT2D eigenvalue weighted by molar-refractivity contribution is -0.142. The number of anilines is 1. The fourth-order valence-corrected chi connectivity index (χ4v) is 2.52. The number of aromatic hydroxyl groups is 1. The number of ether oxygens (including phenoxy) is 1. The summed E-state index contributed by atoms with van der Waals surface area (Å²) in [6.07, 6.45) is -4.02. The van der Waals surface area contributed by atoms with E-state index in [0.717, 1.165) is 17.6 Å². The number of rotatable bonds is 6. The van der Waals surface area contributed by atoms with Gasteiger partial charge in [0.15, 0.2) is 0 Å². The molecule has 0 aliphatic carbocycles. The molecular weight excluding hydrogens is 378 g/mol. The maximum atomic E-state index is 13.3. The van der Waals surface area contributed by atoms with Gasteiger partial charge in [-0.05, 0) is 13.0 Å². The average Bonchev–Trinajstić information content (AvgIpc) is 2.95. The number of thiazole rings is 1. The number of hydrazone groups is 1. The Hall–Kier alpha value is -2.69. The topological polar surface area (TPSA) is 83.8 Å². The summed E-state index contributed by atoms with van der Waals surface area (Å²) in [7, 11) is 0. The lowest BCUT2D eigenvalue weighted by Gasteiger charge is -2.09. The summed E-state index contributed by atoms with van der Waals surface area (Å²) in [6.45, 7) is 1.93. The predicted octanol–water partition coefficient (Wildman–Crippen LogP) is 3.56. The van der Waals surface area contributed by atoms with Crippen molar-refractivity contribution in [2.75, 3.05) is 12.0 Å². The Morgan fingerprint density at radius 2 is 2.19 bits per heavy atom. The van der Waals surface area contributed by atoms with E-state index in [2.05, 4.69) is 15.5 Å². The van der Waals surface area contributed by atoms with Gasteiger partial charge < -0.3 is 9.84 Å². The molecule has 0 bridgehead atoms. The summed E-state index contributed by atoms with van der Waals surface area (Å²) in [5, 5.41) is 15.1. The molecule has 11 heteroatoms. The minimum Gasteiger partial charge on any atom is -0.507 e. The Balaban J connectivity index is 2.07. The van der Waals surface area contributed by atoms with Gasteiger partial charge in [0.2, 0.25) is 5.13 Å². The maximum Gasteiger partial charge on any atom is 0.419 e. The Morgan fingerprint density at radius 1 is 1.46 bits per heavy atom. The first-order chi connectivity index (χ1) is 12.2. The van der Waals surface area contributed by atoms with Crippen LogP contribution in [0.4, 0.5) is 22.7 Å². The lowest BCUT2D eigenvalue weighted by atomic mass is 10.1. The molecule has 6 nitrogen and oxygen atoms in total. The van der Waals surface area contributed by atoms with E-state index in [1.54, 1.807) is 12.3 Å². The number of hydrogen-bond donors (Lipinski definition) is 2. The van der Waals surface area contributed by atoms with Gasteiger partial charge in [0.05, 0.1) is 30.5 Å². The largest absolute Gasteiger partial charge is 0.507 e. The standard InChI is InChI=1S/C15H13F4N3O3S/c1-2-25-13(24)4-9-7-26-14(21-9)22-20-6-8-3-10(15(17,18)19)11(16)5-12(8)23/h3,5-7,23H,2,4H2,1H3,(H,21,22). The van der Waals surface area contributed by atoms with E-state index in [9.17, 15) is 27.5 Å². The molecule has 0 saturated carbocycles. The quantitative estimate of drug-likeness (QED) is 0.341. The lowest BCUT2D eigenvalue weighted by Crippen LogP contribution is -2.09. The van der Waals surface area contributed by atoms with Gasteiger partial charge in [0.1, 0.15) is 11.6 Å². The van der Waals surface area contributed by atoms with Gasteiger partial charge in [-0.15, -0.1) is 11.3 Å². The summed E-state index contributed by atoms with van der Waals surface area (Å²) >= 11 is 1.11. The van der Waals surface area contributed by atoms with Crippen LogP contribution in [0, 0.1) is 5.82 Å². The number of esters is 1. The van der Waals surface area contributed by atoms with E-state index in [4.69, 9.17) is 4.74 Å². The molecule has 0 radical (unpaired) electrons. The number of carbonyl (C=O) groups excluding carboxylic acids is 1. The van der Waals surface area contributed by atoms with Crippen molar-refractivity contribution in [1.82, 2.24) is 4.98 Å². The van der Waals surface area contributed by atoms with Crippen LogP contribution >= 0.6 is 11.3 Å². The fourth-order valence-electron chi connectivity index (χ4n) is 1.86. The Bertz CT molecular complexity index is 821. The highest BCUT2D eigenvalue weighted by Gasteiger charge is 2.34. The zero-order valence-electron chi connectivity index (χ0n) is 13.3. The predicted molar refractivity (Wildman–Crippen MR) is 86.7 cm³/mol. The van der Waals surface area contributed by atoms with Crippen LogP contribution in [-0.4, -0.2) is 28.9 Å². The average molecular weight is 391 g/mol. The second-order valence-electron chi connectivity index (χ2n) is 4.88. The molecule has 0 unspecified atom stereocenters. The Kier molecular flexibility index (Phi) is 6.14. The normalized spacial score (nSPS) is 11.7.